The molecule has 3 aromatic rings. The fraction of sp³-hybridized carbons (Fsp3) is 0.0714. The molecule has 2 N–H and O–H groups in total. The highest BCUT2D eigenvalue weighted by atomic mass is 32.2. The molecule has 1 aromatic carbocycles. The Kier molecular flexibility index (Phi) is 4.87. The fourth-order valence-electron chi connectivity index (χ4n) is 1.76. The second kappa shape index (κ2) is 7.42. The second-order valence-electron chi connectivity index (χ2n) is 4.48. The van der Waals surface area contributed by atoms with Crippen LogP contribution in [0.4, 0.5) is 0 Å². The molecule has 2 aromatic heterocycles. The number of furan rings is 1. The highest BCUT2D eigenvalue weighted by molar-refractivity contribution is 7.99. The van der Waals surface area contributed by atoms with Crippen LogP contribution in [0.3, 0.4) is 0 Å². The summed E-state index contributed by atoms with van der Waals surface area (Å²) in [7, 11) is 0. The van der Waals surface area contributed by atoms with Gasteiger partial charge in [-0.1, -0.05) is 30.0 Å². The van der Waals surface area contributed by atoms with Gasteiger partial charge in [-0.2, -0.15) is 4.68 Å². The van der Waals surface area contributed by atoms with E-state index in [2.05, 4.69) is 26.4 Å². The number of para-hydroxylation sites is 1. The predicted octanol–water partition coefficient (Wildman–Crippen LogP) is 0.809. The first-order valence-corrected chi connectivity index (χ1v) is 7.82. The summed E-state index contributed by atoms with van der Waals surface area (Å²) in [4.78, 5) is 23.4. The topological polar surface area (TPSA) is 115 Å². The van der Waals surface area contributed by atoms with E-state index in [9.17, 15) is 9.59 Å². The SMILES string of the molecule is O=C(CSc1nnnn1-c1ccccc1)NNC(=O)c1ccco1. The molecule has 2 heterocycles. The summed E-state index contributed by atoms with van der Waals surface area (Å²) >= 11 is 1.15. The van der Waals surface area contributed by atoms with Crippen molar-refractivity contribution in [2.75, 3.05) is 5.75 Å². The lowest BCUT2D eigenvalue weighted by atomic mass is 10.3. The molecule has 3 rings (SSSR count). The number of amides is 2. The Morgan fingerprint density at radius 3 is 2.71 bits per heavy atom. The van der Waals surface area contributed by atoms with Crippen molar-refractivity contribution in [3.8, 4) is 5.69 Å². The van der Waals surface area contributed by atoms with Gasteiger partial charge >= 0.3 is 5.91 Å². The number of nitrogens with zero attached hydrogens (tertiary/aromatic N) is 4. The van der Waals surface area contributed by atoms with Gasteiger partial charge in [0.05, 0.1) is 17.7 Å². The molecule has 0 aliphatic carbocycles. The Bertz CT molecular complexity index is 818. The lowest BCUT2D eigenvalue weighted by molar-refractivity contribution is -0.119. The zero-order valence-corrected chi connectivity index (χ0v) is 13.1. The van der Waals surface area contributed by atoms with Crippen LogP contribution in [0, 0.1) is 0 Å². The fourth-order valence-corrected chi connectivity index (χ4v) is 2.45. The van der Waals surface area contributed by atoms with E-state index < -0.39 is 11.8 Å². The summed E-state index contributed by atoms with van der Waals surface area (Å²) in [6.45, 7) is 0. The van der Waals surface area contributed by atoms with E-state index in [1.165, 1.54) is 17.0 Å². The Labute approximate surface area is 140 Å². The van der Waals surface area contributed by atoms with E-state index in [0.717, 1.165) is 17.4 Å². The van der Waals surface area contributed by atoms with Crippen LogP contribution in [0.1, 0.15) is 10.6 Å². The molecule has 0 bridgehead atoms. The maximum atomic E-state index is 11.8. The summed E-state index contributed by atoms with van der Waals surface area (Å²) < 4.78 is 6.44. The molecule has 0 radical (unpaired) electrons. The number of thioether (sulfide) groups is 1. The molecule has 9 nitrogen and oxygen atoms in total. The quantitative estimate of drug-likeness (QED) is 0.520. The highest BCUT2D eigenvalue weighted by Gasteiger charge is 2.13. The van der Waals surface area contributed by atoms with E-state index in [1.54, 1.807) is 6.07 Å². The third-order valence-corrected chi connectivity index (χ3v) is 3.75. The first kappa shape index (κ1) is 15.7. The van der Waals surface area contributed by atoms with Gasteiger partial charge in [0.15, 0.2) is 5.76 Å². The number of hydrogen-bond acceptors (Lipinski definition) is 7. The number of aromatic nitrogens is 4. The summed E-state index contributed by atoms with van der Waals surface area (Å²) in [5.41, 5.74) is 5.34. The van der Waals surface area contributed by atoms with Crippen LogP contribution in [0.15, 0.2) is 58.3 Å². The maximum absolute atomic E-state index is 11.8. The van der Waals surface area contributed by atoms with Crippen molar-refractivity contribution in [2.45, 2.75) is 5.16 Å². The minimum Gasteiger partial charge on any atom is -0.459 e. The van der Waals surface area contributed by atoms with E-state index in [1.807, 2.05) is 30.3 Å². The van der Waals surface area contributed by atoms with Crippen molar-refractivity contribution < 1.29 is 14.0 Å². The molecule has 0 aliphatic heterocycles. The number of benzene rings is 1. The van der Waals surface area contributed by atoms with E-state index in [0.29, 0.717) is 5.16 Å². The minimum absolute atomic E-state index is 0.0334. The van der Waals surface area contributed by atoms with Gasteiger partial charge in [-0.3, -0.25) is 20.4 Å². The average molecular weight is 344 g/mol. The Morgan fingerprint density at radius 2 is 1.96 bits per heavy atom. The van der Waals surface area contributed by atoms with Gasteiger partial charge in [-0.15, -0.1) is 5.10 Å². The zero-order chi connectivity index (χ0) is 16.8. The number of hydrazine groups is 1. The Hall–Kier alpha value is -3.14. The summed E-state index contributed by atoms with van der Waals surface area (Å²) in [6, 6.07) is 12.4. The third kappa shape index (κ3) is 3.79. The van der Waals surface area contributed by atoms with E-state index >= 15 is 0 Å². The van der Waals surface area contributed by atoms with Gasteiger partial charge in [0, 0.05) is 0 Å². The number of carbonyl (C=O) groups is 2. The van der Waals surface area contributed by atoms with E-state index in [4.69, 9.17) is 4.42 Å². The summed E-state index contributed by atoms with van der Waals surface area (Å²) in [5.74, 6) is -0.794. The van der Waals surface area contributed by atoms with Crippen LogP contribution in [0.5, 0.6) is 0 Å². The molecule has 0 aliphatic rings. The van der Waals surface area contributed by atoms with Gasteiger partial charge in [-0.05, 0) is 34.7 Å². The van der Waals surface area contributed by atoms with Gasteiger partial charge in [0.25, 0.3) is 0 Å². The monoisotopic (exact) mass is 344 g/mol. The predicted molar refractivity (Wildman–Crippen MR) is 84.2 cm³/mol. The van der Waals surface area contributed by atoms with Crippen LogP contribution < -0.4 is 10.9 Å². The van der Waals surface area contributed by atoms with Crippen LogP contribution >= 0.6 is 11.8 Å². The van der Waals surface area contributed by atoms with Crippen LogP contribution in [-0.4, -0.2) is 37.8 Å². The van der Waals surface area contributed by atoms with Crippen LogP contribution in [0.2, 0.25) is 0 Å². The molecule has 2 amide bonds. The van der Waals surface area contributed by atoms with Crippen molar-refractivity contribution in [3.63, 3.8) is 0 Å². The molecule has 122 valence electrons. The van der Waals surface area contributed by atoms with Gasteiger partial charge in [-0.25, -0.2) is 0 Å². The molecular formula is C14H12N6O3S. The number of nitrogens with one attached hydrogen (secondary N) is 2. The number of rotatable bonds is 5. The molecule has 0 atom stereocenters. The first-order chi connectivity index (χ1) is 11.7. The molecule has 0 fully saturated rings. The van der Waals surface area contributed by atoms with Crippen molar-refractivity contribution in [1.82, 2.24) is 31.1 Å². The van der Waals surface area contributed by atoms with Crippen LogP contribution in [0.25, 0.3) is 5.69 Å². The van der Waals surface area contributed by atoms with Crippen molar-refractivity contribution >= 4 is 23.6 Å². The summed E-state index contributed by atoms with van der Waals surface area (Å²) in [6.07, 6.45) is 1.37. The Balaban J connectivity index is 1.52. The maximum Gasteiger partial charge on any atom is 0.305 e. The van der Waals surface area contributed by atoms with E-state index in [-0.39, 0.29) is 11.5 Å². The van der Waals surface area contributed by atoms with Gasteiger partial charge in [0.1, 0.15) is 0 Å². The molecular weight excluding hydrogens is 332 g/mol. The molecule has 10 heteroatoms. The molecule has 0 saturated carbocycles. The molecule has 0 spiro atoms. The molecule has 24 heavy (non-hydrogen) atoms. The largest absolute Gasteiger partial charge is 0.459 e. The average Bonchev–Trinajstić information content (AvgIpc) is 3.30. The van der Waals surface area contributed by atoms with Crippen molar-refractivity contribution in [1.29, 1.82) is 0 Å². The summed E-state index contributed by atoms with van der Waals surface area (Å²) in [5, 5.41) is 11.9. The second-order valence-corrected chi connectivity index (χ2v) is 5.42. The smallest absolute Gasteiger partial charge is 0.305 e. The normalized spacial score (nSPS) is 10.3. The lowest BCUT2D eigenvalue weighted by Crippen LogP contribution is -2.42. The minimum atomic E-state index is -0.535. The molecule has 0 unspecified atom stereocenters. The Morgan fingerprint density at radius 1 is 1.12 bits per heavy atom. The van der Waals surface area contributed by atoms with Crippen molar-refractivity contribution in [3.05, 3.63) is 54.5 Å². The zero-order valence-electron chi connectivity index (χ0n) is 12.2. The van der Waals surface area contributed by atoms with Crippen molar-refractivity contribution in [2.24, 2.45) is 0 Å². The third-order valence-electron chi connectivity index (χ3n) is 2.83. The number of carbonyl (C=O) groups excluding carboxylic acids is 2. The van der Waals surface area contributed by atoms with Gasteiger partial charge < -0.3 is 4.42 Å². The van der Waals surface area contributed by atoms with Crippen LogP contribution in [-0.2, 0) is 4.79 Å². The molecule has 0 saturated heterocycles. The standard InChI is InChI=1S/C14H12N6O3S/c21-12(15-16-13(22)11-7-4-8-23-11)9-24-14-17-18-19-20(14)10-5-2-1-3-6-10/h1-8H,9H2,(H,15,21)(H,16,22). The van der Waals surface area contributed by atoms with Gasteiger partial charge in [0.2, 0.25) is 11.1 Å². The number of hydrogen-bond donors (Lipinski definition) is 2. The number of tetrazole rings is 1. The first-order valence-electron chi connectivity index (χ1n) is 6.83. The lowest BCUT2D eigenvalue weighted by Gasteiger charge is -2.06. The highest BCUT2D eigenvalue weighted by Crippen LogP contribution is 2.17.